The third-order valence-corrected chi connectivity index (χ3v) is 4.83. The molecule has 1 fully saturated rings. The van der Waals surface area contributed by atoms with Crippen molar-refractivity contribution in [2.75, 3.05) is 26.2 Å². The topological polar surface area (TPSA) is 15.3 Å². The van der Waals surface area contributed by atoms with Crippen LogP contribution in [-0.2, 0) is 0 Å². The van der Waals surface area contributed by atoms with E-state index in [2.05, 4.69) is 10.2 Å². The van der Waals surface area contributed by atoms with Crippen LogP contribution < -0.4 is 5.32 Å². The first-order chi connectivity index (χ1) is 11.5. The van der Waals surface area contributed by atoms with E-state index in [-0.39, 0.29) is 24.9 Å². The summed E-state index contributed by atoms with van der Waals surface area (Å²) < 4.78 is 38.5. The number of aryl methyl sites for hydroxylation is 1. The minimum absolute atomic E-state index is 0. The van der Waals surface area contributed by atoms with Gasteiger partial charge in [0.05, 0.1) is 0 Å². The molecule has 1 aliphatic rings. The van der Waals surface area contributed by atoms with Gasteiger partial charge in [0, 0.05) is 38.6 Å². The van der Waals surface area contributed by atoms with Crippen molar-refractivity contribution in [2.45, 2.75) is 32.0 Å². The lowest BCUT2D eigenvalue weighted by Crippen LogP contribution is -2.45. The summed E-state index contributed by atoms with van der Waals surface area (Å²) in [5.41, 5.74) is 2.17. The molecule has 0 amide bonds. The molecule has 138 valence electrons. The molecule has 2 nitrogen and oxygen atoms in total. The van der Waals surface area contributed by atoms with Crippen LogP contribution in [0.25, 0.3) is 10.8 Å². The van der Waals surface area contributed by atoms with Gasteiger partial charge in [-0.1, -0.05) is 36.4 Å². The SMILES string of the molecule is Cc1ccc([C@@H](CCC(F)(F)F)N2CCNCC2)c2ccccc12.Cl. The normalized spacial score (nSPS) is 17.3. The van der Waals surface area contributed by atoms with E-state index in [9.17, 15) is 13.2 Å². The molecule has 1 N–H and O–H groups in total. The van der Waals surface area contributed by atoms with Gasteiger partial charge in [0.1, 0.15) is 0 Å². The van der Waals surface area contributed by atoms with E-state index in [1.807, 2.05) is 43.3 Å². The first-order valence-electron chi connectivity index (χ1n) is 8.45. The van der Waals surface area contributed by atoms with Gasteiger partial charge < -0.3 is 5.32 Å². The summed E-state index contributed by atoms with van der Waals surface area (Å²) in [6.45, 7) is 5.26. The number of fused-ring (bicyclic) bond motifs is 1. The van der Waals surface area contributed by atoms with Crippen molar-refractivity contribution in [3.05, 3.63) is 47.5 Å². The highest BCUT2D eigenvalue weighted by Gasteiger charge is 2.31. The Morgan fingerprint density at radius 1 is 1.04 bits per heavy atom. The molecule has 0 spiro atoms. The number of piperazine rings is 1. The summed E-state index contributed by atoms with van der Waals surface area (Å²) in [6.07, 6.45) is -4.76. The summed E-state index contributed by atoms with van der Waals surface area (Å²) in [4.78, 5) is 2.19. The van der Waals surface area contributed by atoms with Crippen LogP contribution in [0.4, 0.5) is 13.2 Å². The number of nitrogens with one attached hydrogen (secondary N) is 1. The van der Waals surface area contributed by atoms with Gasteiger partial charge in [-0.15, -0.1) is 12.4 Å². The average Bonchev–Trinajstić information content (AvgIpc) is 2.57. The standard InChI is InChI=1S/C19H23F3N2.ClH/c1-14-6-7-17(16-5-3-2-4-15(14)16)18(8-9-19(20,21)22)24-12-10-23-11-13-24;/h2-7,18,23H,8-13H2,1H3;1H/t18-;/m1./s1. The van der Waals surface area contributed by atoms with Crippen molar-refractivity contribution < 1.29 is 13.2 Å². The number of benzene rings is 2. The molecule has 0 aromatic heterocycles. The maximum atomic E-state index is 12.8. The fourth-order valence-corrected chi connectivity index (χ4v) is 3.59. The molecule has 3 rings (SSSR count). The van der Waals surface area contributed by atoms with Crippen LogP contribution in [-0.4, -0.2) is 37.3 Å². The lowest BCUT2D eigenvalue weighted by Gasteiger charge is -2.36. The van der Waals surface area contributed by atoms with E-state index in [0.717, 1.165) is 48.1 Å². The molecule has 0 saturated carbocycles. The van der Waals surface area contributed by atoms with E-state index in [1.54, 1.807) is 0 Å². The zero-order valence-corrected chi connectivity index (χ0v) is 15.1. The summed E-state index contributed by atoms with van der Waals surface area (Å²) in [5.74, 6) is 0. The number of halogens is 4. The zero-order chi connectivity index (χ0) is 17.2. The Balaban J connectivity index is 0.00000225. The van der Waals surface area contributed by atoms with Crippen LogP contribution in [0.3, 0.4) is 0 Å². The van der Waals surface area contributed by atoms with Crippen LogP contribution in [0.5, 0.6) is 0 Å². The molecule has 0 bridgehead atoms. The van der Waals surface area contributed by atoms with Gasteiger partial charge in [0.25, 0.3) is 0 Å². The number of hydrogen-bond donors (Lipinski definition) is 1. The Bertz CT molecular complexity index is 697. The second-order valence-electron chi connectivity index (χ2n) is 6.47. The van der Waals surface area contributed by atoms with Crippen molar-refractivity contribution in [3.8, 4) is 0 Å². The second kappa shape index (κ2) is 8.39. The fourth-order valence-electron chi connectivity index (χ4n) is 3.59. The molecule has 1 atom stereocenters. The first kappa shape index (κ1) is 20.0. The molecule has 1 saturated heterocycles. The Hall–Kier alpha value is -1.30. The maximum absolute atomic E-state index is 12.8. The lowest BCUT2D eigenvalue weighted by atomic mass is 9.92. The quantitative estimate of drug-likeness (QED) is 0.824. The third kappa shape index (κ3) is 4.87. The number of rotatable bonds is 4. The van der Waals surface area contributed by atoms with E-state index in [1.165, 1.54) is 0 Å². The predicted molar refractivity (Wildman–Crippen MR) is 98.4 cm³/mol. The van der Waals surface area contributed by atoms with Crippen molar-refractivity contribution in [3.63, 3.8) is 0 Å². The number of alkyl halides is 3. The van der Waals surface area contributed by atoms with Crippen LogP contribution in [0.1, 0.15) is 30.0 Å². The van der Waals surface area contributed by atoms with Crippen molar-refractivity contribution >= 4 is 23.2 Å². The molecule has 6 heteroatoms. The maximum Gasteiger partial charge on any atom is 0.389 e. The highest BCUT2D eigenvalue weighted by molar-refractivity contribution is 5.88. The number of hydrogen-bond acceptors (Lipinski definition) is 2. The van der Waals surface area contributed by atoms with E-state index >= 15 is 0 Å². The molecule has 0 radical (unpaired) electrons. The summed E-state index contributed by atoms with van der Waals surface area (Å²) in [6, 6.07) is 11.9. The van der Waals surface area contributed by atoms with Gasteiger partial charge in [0.15, 0.2) is 0 Å². The number of nitrogens with zero attached hydrogens (tertiary/aromatic N) is 1. The lowest BCUT2D eigenvalue weighted by molar-refractivity contribution is -0.138. The molecular formula is C19H24ClF3N2. The molecule has 2 aromatic rings. The summed E-state index contributed by atoms with van der Waals surface area (Å²) in [7, 11) is 0. The molecule has 1 heterocycles. The average molecular weight is 373 g/mol. The van der Waals surface area contributed by atoms with E-state index in [0.29, 0.717) is 0 Å². The van der Waals surface area contributed by atoms with Gasteiger partial charge in [-0.05, 0) is 35.2 Å². The second-order valence-corrected chi connectivity index (χ2v) is 6.47. The molecule has 25 heavy (non-hydrogen) atoms. The largest absolute Gasteiger partial charge is 0.389 e. The highest BCUT2D eigenvalue weighted by atomic mass is 35.5. The molecular weight excluding hydrogens is 349 g/mol. The Morgan fingerprint density at radius 2 is 1.68 bits per heavy atom. The van der Waals surface area contributed by atoms with Gasteiger partial charge >= 0.3 is 6.18 Å². The van der Waals surface area contributed by atoms with Gasteiger partial charge in [-0.25, -0.2) is 0 Å². The molecule has 2 aromatic carbocycles. The van der Waals surface area contributed by atoms with Gasteiger partial charge in [-0.3, -0.25) is 4.90 Å². The minimum atomic E-state index is -4.12. The fraction of sp³-hybridized carbons (Fsp3) is 0.474. The predicted octanol–water partition coefficient (Wildman–Crippen LogP) is 4.86. The van der Waals surface area contributed by atoms with Gasteiger partial charge in [0.2, 0.25) is 0 Å². The van der Waals surface area contributed by atoms with Crippen molar-refractivity contribution in [2.24, 2.45) is 0 Å². The van der Waals surface area contributed by atoms with Crippen molar-refractivity contribution in [1.29, 1.82) is 0 Å². The first-order valence-corrected chi connectivity index (χ1v) is 8.45. The Kier molecular flexibility index (Phi) is 6.72. The zero-order valence-electron chi connectivity index (χ0n) is 14.3. The smallest absolute Gasteiger partial charge is 0.314 e. The van der Waals surface area contributed by atoms with Crippen LogP contribution in [0.2, 0.25) is 0 Å². The minimum Gasteiger partial charge on any atom is -0.314 e. The van der Waals surface area contributed by atoms with Crippen LogP contribution in [0.15, 0.2) is 36.4 Å². The Labute approximate surface area is 152 Å². The molecule has 0 aliphatic carbocycles. The highest BCUT2D eigenvalue weighted by Crippen LogP contribution is 2.36. The monoisotopic (exact) mass is 372 g/mol. The summed E-state index contributed by atoms with van der Waals surface area (Å²) in [5, 5.41) is 5.48. The van der Waals surface area contributed by atoms with Gasteiger partial charge in [-0.2, -0.15) is 13.2 Å². The summed E-state index contributed by atoms with van der Waals surface area (Å²) >= 11 is 0. The van der Waals surface area contributed by atoms with Crippen LogP contribution >= 0.6 is 12.4 Å². The molecule has 1 aliphatic heterocycles. The van der Waals surface area contributed by atoms with Crippen molar-refractivity contribution in [1.82, 2.24) is 10.2 Å². The molecule has 0 unspecified atom stereocenters. The Morgan fingerprint density at radius 3 is 2.32 bits per heavy atom. The third-order valence-electron chi connectivity index (χ3n) is 4.83. The van der Waals surface area contributed by atoms with E-state index in [4.69, 9.17) is 0 Å². The van der Waals surface area contributed by atoms with E-state index < -0.39 is 12.6 Å². The van der Waals surface area contributed by atoms with Crippen LogP contribution in [0, 0.1) is 6.92 Å².